The summed E-state index contributed by atoms with van der Waals surface area (Å²) in [6, 6.07) is 4.93. The van der Waals surface area contributed by atoms with Crippen molar-refractivity contribution in [3.8, 4) is 5.75 Å². The van der Waals surface area contributed by atoms with Crippen molar-refractivity contribution in [1.29, 1.82) is 0 Å². The van der Waals surface area contributed by atoms with Crippen LogP contribution in [-0.2, 0) is 17.6 Å². The van der Waals surface area contributed by atoms with Gasteiger partial charge in [0.2, 0.25) is 0 Å². The minimum Gasteiger partial charge on any atom is -0.385 e. The highest BCUT2D eigenvalue weighted by molar-refractivity contribution is 7.81. The van der Waals surface area contributed by atoms with E-state index in [-0.39, 0.29) is 17.7 Å². The molecule has 2 atom stereocenters. The molecule has 2 aromatic rings. The fourth-order valence-electron chi connectivity index (χ4n) is 3.24. The van der Waals surface area contributed by atoms with Crippen molar-refractivity contribution in [3.63, 3.8) is 0 Å². The van der Waals surface area contributed by atoms with Gasteiger partial charge in [-0.05, 0) is 37.1 Å². The average Bonchev–Trinajstić information content (AvgIpc) is 3.07. The topological polar surface area (TPSA) is 114 Å². The van der Waals surface area contributed by atoms with E-state index in [0.717, 1.165) is 12.8 Å². The molecule has 0 spiro atoms. The van der Waals surface area contributed by atoms with Crippen molar-refractivity contribution in [2.75, 3.05) is 18.4 Å². The number of amides is 2. The van der Waals surface area contributed by atoms with E-state index in [9.17, 15) is 22.2 Å². The van der Waals surface area contributed by atoms with Gasteiger partial charge in [0.05, 0.1) is 0 Å². The lowest BCUT2D eigenvalue weighted by Gasteiger charge is -2.34. The van der Waals surface area contributed by atoms with Gasteiger partial charge in [0, 0.05) is 44.1 Å². The van der Waals surface area contributed by atoms with Gasteiger partial charge in [-0.15, -0.1) is 0 Å². The van der Waals surface area contributed by atoms with Crippen molar-refractivity contribution < 1.29 is 26.4 Å². The maximum absolute atomic E-state index is 12.5. The molecule has 1 aliphatic rings. The molecule has 0 bridgehead atoms. The molecule has 3 rings (SSSR count). The normalized spacial score (nSPS) is 18.5. The molecule has 0 radical (unpaired) electrons. The molecule has 152 valence electrons. The van der Waals surface area contributed by atoms with E-state index in [0.29, 0.717) is 24.6 Å². The molecule has 28 heavy (non-hydrogen) atoms. The van der Waals surface area contributed by atoms with Gasteiger partial charge >= 0.3 is 16.5 Å². The maximum atomic E-state index is 12.5. The second-order valence-electron chi connectivity index (χ2n) is 6.62. The van der Waals surface area contributed by atoms with Crippen molar-refractivity contribution in [3.05, 3.63) is 42.5 Å². The van der Waals surface area contributed by atoms with Gasteiger partial charge in [0.1, 0.15) is 17.7 Å². The first-order valence-electron chi connectivity index (χ1n) is 8.68. The number of aliphatic hydroxyl groups is 1. The number of aliphatic hydroxyl groups excluding tert-OH is 1. The van der Waals surface area contributed by atoms with Crippen LogP contribution < -0.4 is 9.50 Å². The van der Waals surface area contributed by atoms with Crippen LogP contribution in [0.3, 0.4) is 0 Å². The minimum absolute atomic E-state index is 0.133. The molecule has 2 heterocycles. The maximum Gasteiger partial charge on any atom is 0.488 e. The van der Waals surface area contributed by atoms with Crippen molar-refractivity contribution in [2.24, 2.45) is 13.0 Å². The number of anilines is 1. The Bertz CT molecular complexity index is 931. The Balaban J connectivity index is 1.60. The third-order valence-corrected chi connectivity index (χ3v) is 5.01. The number of nitrogens with zero attached hydrogens (tertiary/aromatic N) is 3. The Morgan fingerprint density at radius 3 is 2.71 bits per heavy atom. The molecule has 2 amide bonds. The monoisotopic (exact) mass is 412 g/mol. The molecule has 0 saturated carbocycles. The molecule has 2 unspecified atom stereocenters. The summed E-state index contributed by atoms with van der Waals surface area (Å²) in [5.74, 6) is 0.230. The summed E-state index contributed by atoms with van der Waals surface area (Å²) < 4.78 is 39.3. The van der Waals surface area contributed by atoms with Crippen molar-refractivity contribution >= 4 is 22.2 Å². The summed E-state index contributed by atoms with van der Waals surface area (Å²) in [5, 5.41) is 13.3. The van der Waals surface area contributed by atoms with Crippen LogP contribution in [0.25, 0.3) is 0 Å². The number of rotatable bonds is 5. The number of nitrogens with one attached hydrogen (secondary N) is 1. The Labute approximate surface area is 162 Å². The standard InChI is InChI=1S/C17H21FN4O5S/c1-21-10-8-19-16(21)15(23)12-3-2-9-22(11-12)17(24)20-13-4-6-14(7-5-13)27-28(18,25)26/h4-8,10,12,15,23H,2-3,9,11H2,1H3,(H,20,24). The van der Waals surface area contributed by atoms with Gasteiger partial charge in [-0.25, -0.2) is 9.78 Å². The number of benzene rings is 1. The molecular formula is C17H21FN4O5S. The Morgan fingerprint density at radius 2 is 2.11 bits per heavy atom. The van der Waals surface area contributed by atoms with Crippen molar-refractivity contribution in [2.45, 2.75) is 18.9 Å². The molecular weight excluding hydrogens is 391 g/mol. The van der Waals surface area contributed by atoms with Gasteiger partial charge < -0.3 is 24.1 Å². The highest BCUT2D eigenvalue weighted by atomic mass is 32.3. The number of halogens is 1. The summed E-state index contributed by atoms with van der Waals surface area (Å²) in [7, 11) is -3.29. The first-order valence-corrected chi connectivity index (χ1v) is 9.99. The van der Waals surface area contributed by atoms with Crippen LogP contribution in [0.1, 0.15) is 24.8 Å². The largest absolute Gasteiger partial charge is 0.488 e. The van der Waals surface area contributed by atoms with Gasteiger partial charge in [0.25, 0.3) is 0 Å². The fraction of sp³-hybridized carbons (Fsp3) is 0.412. The second-order valence-corrected chi connectivity index (χ2v) is 7.57. The van der Waals surface area contributed by atoms with E-state index in [1.165, 1.54) is 24.3 Å². The third kappa shape index (κ3) is 4.98. The predicted octanol–water partition coefficient (Wildman–Crippen LogP) is 1.99. The van der Waals surface area contributed by atoms with Crippen LogP contribution >= 0.6 is 0 Å². The second kappa shape index (κ2) is 8.15. The molecule has 1 saturated heterocycles. The van der Waals surface area contributed by atoms with E-state index in [1.54, 1.807) is 28.9 Å². The molecule has 1 fully saturated rings. The van der Waals surface area contributed by atoms with Gasteiger partial charge in [0.15, 0.2) is 0 Å². The number of likely N-dealkylation sites (tertiary alicyclic amines) is 1. The van der Waals surface area contributed by atoms with Crippen LogP contribution in [0.5, 0.6) is 5.75 Å². The number of aromatic nitrogens is 2. The Hall–Kier alpha value is -2.66. The third-order valence-electron chi connectivity index (χ3n) is 4.62. The number of piperidine rings is 1. The lowest BCUT2D eigenvalue weighted by atomic mass is 9.92. The molecule has 1 aliphatic heterocycles. The van der Waals surface area contributed by atoms with E-state index in [2.05, 4.69) is 14.5 Å². The van der Waals surface area contributed by atoms with Crippen LogP contribution in [0.2, 0.25) is 0 Å². The number of aryl methyl sites for hydroxylation is 1. The van der Waals surface area contributed by atoms with E-state index in [4.69, 9.17) is 0 Å². The molecule has 0 aliphatic carbocycles. The zero-order chi connectivity index (χ0) is 20.3. The van der Waals surface area contributed by atoms with Gasteiger partial charge in [-0.3, -0.25) is 0 Å². The minimum atomic E-state index is -5.09. The summed E-state index contributed by atoms with van der Waals surface area (Å²) in [6.07, 6.45) is 4.14. The predicted molar refractivity (Wildman–Crippen MR) is 98.6 cm³/mol. The number of hydrogen-bond acceptors (Lipinski definition) is 6. The van der Waals surface area contributed by atoms with Crippen molar-refractivity contribution in [1.82, 2.24) is 14.5 Å². The first kappa shape index (κ1) is 20.1. The van der Waals surface area contributed by atoms with E-state index in [1.807, 2.05) is 0 Å². The Morgan fingerprint density at radius 1 is 1.39 bits per heavy atom. The SMILES string of the molecule is Cn1ccnc1C(O)C1CCCN(C(=O)Nc2ccc(OS(=O)(=O)F)cc2)C1. The molecule has 1 aromatic carbocycles. The number of imidazole rings is 1. The lowest BCUT2D eigenvalue weighted by molar-refractivity contribution is 0.0552. The summed E-state index contributed by atoms with van der Waals surface area (Å²) in [5.41, 5.74) is 0.403. The zero-order valence-electron chi connectivity index (χ0n) is 15.2. The smallest absolute Gasteiger partial charge is 0.385 e. The van der Waals surface area contributed by atoms with Crippen LogP contribution in [0.15, 0.2) is 36.7 Å². The number of carbonyl (C=O) groups is 1. The summed E-state index contributed by atoms with van der Waals surface area (Å²) in [4.78, 5) is 18.3. The Kier molecular flexibility index (Phi) is 5.84. The quantitative estimate of drug-likeness (QED) is 0.726. The zero-order valence-corrected chi connectivity index (χ0v) is 16.0. The van der Waals surface area contributed by atoms with Crippen LogP contribution in [0.4, 0.5) is 14.4 Å². The van der Waals surface area contributed by atoms with Gasteiger partial charge in [-0.1, -0.05) is 3.89 Å². The van der Waals surface area contributed by atoms with E-state index >= 15 is 0 Å². The summed E-state index contributed by atoms with van der Waals surface area (Å²) in [6.45, 7) is 0.929. The highest BCUT2D eigenvalue weighted by Crippen LogP contribution is 2.29. The van der Waals surface area contributed by atoms with E-state index < -0.39 is 16.6 Å². The lowest BCUT2D eigenvalue weighted by Crippen LogP contribution is -2.44. The molecule has 2 N–H and O–H groups in total. The fourth-order valence-corrected chi connectivity index (χ4v) is 3.58. The molecule has 9 nitrogen and oxygen atoms in total. The van der Waals surface area contributed by atoms with Crippen LogP contribution in [-0.4, -0.2) is 47.1 Å². The van der Waals surface area contributed by atoms with Crippen LogP contribution in [0, 0.1) is 5.92 Å². The molecule has 11 heteroatoms. The number of urea groups is 1. The van der Waals surface area contributed by atoms with Gasteiger partial charge in [-0.2, -0.15) is 8.42 Å². The molecule has 1 aromatic heterocycles. The highest BCUT2D eigenvalue weighted by Gasteiger charge is 2.31. The number of carbonyl (C=O) groups excluding carboxylic acids is 1. The summed E-state index contributed by atoms with van der Waals surface area (Å²) >= 11 is 0. The number of hydrogen-bond donors (Lipinski definition) is 2. The average molecular weight is 412 g/mol. The first-order chi connectivity index (χ1) is 13.2.